The number of thiophene rings is 1. The molecule has 0 radical (unpaired) electrons. The molecule has 0 spiro atoms. The van der Waals surface area contributed by atoms with Crippen LogP contribution in [0, 0.1) is 0 Å². The van der Waals surface area contributed by atoms with Gasteiger partial charge in [-0.15, -0.1) is 11.3 Å². The van der Waals surface area contributed by atoms with Gasteiger partial charge in [0.1, 0.15) is 0 Å². The fourth-order valence-corrected chi connectivity index (χ4v) is 2.92. The van der Waals surface area contributed by atoms with Gasteiger partial charge in [-0.25, -0.2) is 0 Å². The van der Waals surface area contributed by atoms with E-state index in [4.69, 9.17) is 11.6 Å². The number of hydrogen-bond donors (Lipinski definition) is 1. The van der Waals surface area contributed by atoms with Crippen molar-refractivity contribution in [1.29, 1.82) is 0 Å². The normalized spacial score (nSPS) is 18.3. The molecule has 5 heteroatoms. The first-order valence-corrected chi connectivity index (χ1v) is 6.72. The highest BCUT2D eigenvalue weighted by Gasteiger charge is 2.16. The van der Waals surface area contributed by atoms with Crippen LogP contribution < -0.4 is 5.32 Å². The molecule has 0 atom stereocenters. The molecule has 1 aliphatic rings. The molecule has 0 bridgehead atoms. The van der Waals surface area contributed by atoms with Crippen LogP contribution in [0.25, 0.3) is 0 Å². The fourth-order valence-electron chi connectivity index (χ4n) is 1.83. The number of rotatable bonds is 3. The molecule has 16 heavy (non-hydrogen) atoms. The molecule has 1 fully saturated rings. The Kier molecular flexibility index (Phi) is 4.35. The van der Waals surface area contributed by atoms with E-state index in [1.807, 2.05) is 5.38 Å². The Morgan fingerprint density at radius 2 is 2.38 bits per heavy atom. The van der Waals surface area contributed by atoms with E-state index in [0.717, 1.165) is 32.6 Å². The molecule has 1 aliphatic heterocycles. The maximum atomic E-state index is 12.0. The largest absolute Gasteiger partial charge is 0.315 e. The van der Waals surface area contributed by atoms with E-state index in [1.54, 1.807) is 6.07 Å². The fraction of sp³-hybridized carbons (Fsp3) is 0.545. The average molecular weight is 259 g/mol. The number of halogens is 1. The maximum absolute atomic E-state index is 12.0. The van der Waals surface area contributed by atoms with Crippen molar-refractivity contribution in [1.82, 2.24) is 10.2 Å². The van der Waals surface area contributed by atoms with Crippen molar-refractivity contribution in [2.24, 2.45) is 0 Å². The third-order valence-corrected chi connectivity index (χ3v) is 4.05. The summed E-state index contributed by atoms with van der Waals surface area (Å²) in [4.78, 5) is 14.9. The van der Waals surface area contributed by atoms with E-state index < -0.39 is 0 Å². The minimum Gasteiger partial charge on any atom is -0.315 e. The topological polar surface area (TPSA) is 32.3 Å². The van der Waals surface area contributed by atoms with Crippen LogP contribution in [-0.4, -0.2) is 43.4 Å². The van der Waals surface area contributed by atoms with Crippen LogP contribution in [0.1, 0.15) is 16.1 Å². The monoisotopic (exact) mass is 258 g/mol. The average Bonchev–Trinajstić information content (AvgIpc) is 2.53. The zero-order valence-electron chi connectivity index (χ0n) is 9.04. The Labute approximate surface area is 104 Å². The Hall–Kier alpha value is -0.420. The lowest BCUT2D eigenvalue weighted by atomic mass is 10.3. The molecule has 88 valence electrons. The first-order chi connectivity index (χ1) is 7.77. The van der Waals surface area contributed by atoms with Crippen LogP contribution in [0.4, 0.5) is 0 Å². The molecular formula is C11H15ClN2OS. The molecular weight excluding hydrogens is 244 g/mol. The molecule has 0 unspecified atom stereocenters. The Bertz CT molecular complexity index is 359. The van der Waals surface area contributed by atoms with Crippen LogP contribution in [0.2, 0.25) is 5.02 Å². The molecule has 1 aromatic heterocycles. The van der Waals surface area contributed by atoms with Crippen molar-refractivity contribution in [3.05, 3.63) is 21.3 Å². The zero-order chi connectivity index (χ0) is 11.4. The second-order valence-electron chi connectivity index (χ2n) is 3.90. The Morgan fingerprint density at radius 1 is 1.50 bits per heavy atom. The van der Waals surface area contributed by atoms with E-state index in [2.05, 4.69) is 10.2 Å². The summed E-state index contributed by atoms with van der Waals surface area (Å²) in [5, 5.41) is 5.77. The summed E-state index contributed by atoms with van der Waals surface area (Å²) < 4.78 is 0. The summed E-state index contributed by atoms with van der Waals surface area (Å²) in [6.45, 7) is 4.42. The van der Waals surface area contributed by atoms with Gasteiger partial charge in [0.15, 0.2) is 5.78 Å². The van der Waals surface area contributed by atoms with Crippen molar-refractivity contribution in [3.8, 4) is 0 Å². The highest BCUT2D eigenvalue weighted by Crippen LogP contribution is 2.22. The molecule has 0 aromatic carbocycles. The van der Waals surface area contributed by atoms with Crippen LogP contribution in [0.5, 0.6) is 0 Å². The molecule has 2 rings (SSSR count). The van der Waals surface area contributed by atoms with E-state index >= 15 is 0 Å². The van der Waals surface area contributed by atoms with Gasteiger partial charge in [0.25, 0.3) is 0 Å². The number of nitrogens with one attached hydrogen (secondary N) is 1. The van der Waals surface area contributed by atoms with Crippen LogP contribution >= 0.6 is 22.9 Å². The van der Waals surface area contributed by atoms with E-state index in [-0.39, 0.29) is 5.78 Å². The van der Waals surface area contributed by atoms with Crippen LogP contribution in [-0.2, 0) is 0 Å². The van der Waals surface area contributed by atoms with Crippen molar-refractivity contribution in [3.63, 3.8) is 0 Å². The first-order valence-electron chi connectivity index (χ1n) is 5.46. The van der Waals surface area contributed by atoms with E-state index in [1.165, 1.54) is 11.3 Å². The minimum atomic E-state index is 0.141. The second-order valence-corrected chi connectivity index (χ2v) is 5.22. The SMILES string of the molecule is O=C(CN1CCCNCC1)c1sccc1Cl. The number of carbonyl (C=O) groups is 1. The highest BCUT2D eigenvalue weighted by molar-refractivity contribution is 7.12. The number of nitrogens with zero attached hydrogens (tertiary/aromatic N) is 1. The number of Topliss-reactive ketones (excluding diaryl/α,β-unsaturated/α-hetero) is 1. The molecule has 0 aliphatic carbocycles. The van der Waals surface area contributed by atoms with Crippen LogP contribution in [0.3, 0.4) is 0 Å². The highest BCUT2D eigenvalue weighted by atomic mass is 35.5. The van der Waals surface area contributed by atoms with E-state index in [9.17, 15) is 4.79 Å². The molecule has 0 saturated carbocycles. The smallest absolute Gasteiger partial charge is 0.188 e. The van der Waals surface area contributed by atoms with Crippen molar-refractivity contribution >= 4 is 28.7 Å². The Balaban J connectivity index is 1.93. The lowest BCUT2D eigenvalue weighted by Gasteiger charge is -2.17. The summed E-state index contributed by atoms with van der Waals surface area (Å²) >= 11 is 7.37. The predicted octanol–water partition coefficient (Wildman–Crippen LogP) is 1.88. The van der Waals surface area contributed by atoms with Gasteiger partial charge in [-0.3, -0.25) is 9.69 Å². The number of hydrogen-bond acceptors (Lipinski definition) is 4. The first kappa shape index (κ1) is 12.0. The third-order valence-electron chi connectivity index (χ3n) is 2.67. The summed E-state index contributed by atoms with van der Waals surface area (Å²) in [6, 6.07) is 1.78. The lowest BCUT2D eigenvalue weighted by Crippen LogP contribution is -2.32. The summed E-state index contributed by atoms with van der Waals surface area (Å²) in [7, 11) is 0. The van der Waals surface area contributed by atoms with Gasteiger partial charge in [0.2, 0.25) is 0 Å². The third kappa shape index (κ3) is 3.04. The summed E-state index contributed by atoms with van der Waals surface area (Å²) in [5.74, 6) is 0.141. The number of ketones is 1. The Morgan fingerprint density at radius 3 is 3.12 bits per heavy atom. The maximum Gasteiger partial charge on any atom is 0.188 e. The van der Waals surface area contributed by atoms with Gasteiger partial charge in [0.05, 0.1) is 16.4 Å². The van der Waals surface area contributed by atoms with Crippen molar-refractivity contribution in [2.75, 3.05) is 32.7 Å². The molecule has 2 heterocycles. The van der Waals surface area contributed by atoms with Crippen LogP contribution in [0.15, 0.2) is 11.4 Å². The molecule has 1 saturated heterocycles. The molecule has 1 aromatic rings. The van der Waals surface area contributed by atoms with E-state index in [0.29, 0.717) is 16.4 Å². The predicted molar refractivity (Wildman–Crippen MR) is 67.6 cm³/mol. The molecule has 1 N–H and O–H groups in total. The second kappa shape index (κ2) is 5.77. The minimum absolute atomic E-state index is 0.141. The summed E-state index contributed by atoms with van der Waals surface area (Å²) in [6.07, 6.45) is 1.10. The molecule has 3 nitrogen and oxygen atoms in total. The zero-order valence-corrected chi connectivity index (χ0v) is 10.6. The standard InChI is InChI=1S/C11H15ClN2OS/c12-9-2-7-16-11(9)10(15)8-14-5-1-3-13-4-6-14/h2,7,13H,1,3-6,8H2. The van der Waals surface area contributed by atoms with Gasteiger partial charge in [-0.2, -0.15) is 0 Å². The van der Waals surface area contributed by atoms with Gasteiger partial charge in [0, 0.05) is 13.1 Å². The molecule has 0 amide bonds. The van der Waals surface area contributed by atoms with Gasteiger partial charge >= 0.3 is 0 Å². The van der Waals surface area contributed by atoms with Gasteiger partial charge in [-0.1, -0.05) is 11.6 Å². The van der Waals surface area contributed by atoms with Gasteiger partial charge < -0.3 is 5.32 Å². The lowest BCUT2D eigenvalue weighted by molar-refractivity contribution is 0.0939. The quantitative estimate of drug-likeness (QED) is 0.841. The summed E-state index contributed by atoms with van der Waals surface area (Å²) in [5.41, 5.74) is 0. The van der Waals surface area contributed by atoms with Crippen molar-refractivity contribution in [2.45, 2.75) is 6.42 Å². The van der Waals surface area contributed by atoms with Gasteiger partial charge in [-0.05, 0) is 31.0 Å². The van der Waals surface area contributed by atoms with Crippen molar-refractivity contribution < 1.29 is 4.79 Å². The number of carbonyl (C=O) groups excluding carboxylic acids is 1.